The molecule has 1 saturated carbocycles. The van der Waals surface area contributed by atoms with Gasteiger partial charge in [-0.1, -0.05) is 19.1 Å². The number of nitrogens with one attached hydrogen (secondary N) is 2. The topological polar surface area (TPSA) is 118 Å². The van der Waals surface area contributed by atoms with Crippen molar-refractivity contribution in [1.29, 1.82) is 0 Å². The molecular formula is C26H36N4O5S2. The lowest BCUT2D eigenvalue weighted by molar-refractivity contribution is -0.133. The highest BCUT2D eigenvalue weighted by molar-refractivity contribution is 7.89. The highest BCUT2D eigenvalue weighted by Gasteiger charge is 2.28. The lowest BCUT2D eigenvalue weighted by Gasteiger charge is -2.31. The maximum absolute atomic E-state index is 13.1. The van der Waals surface area contributed by atoms with Crippen LogP contribution in [-0.2, 0) is 26.0 Å². The number of rotatable bonds is 9. The van der Waals surface area contributed by atoms with Gasteiger partial charge in [0.15, 0.2) is 0 Å². The molecule has 0 atom stereocenters. The van der Waals surface area contributed by atoms with E-state index in [-0.39, 0.29) is 47.9 Å². The van der Waals surface area contributed by atoms with E-state index in [4.69, 9.17) is 4.74 Å². The van der Waals surface area contributed by atoms with Crippen molar-refractivity contribution < 1.29 is 22.7 Å². The van der Waals surface area contributed by atoms with Crippen LogP contribution in [0.4, 0.5) is 4.79 Å². The zero-order valence-electron chi connectivity index (χ0n) is 21.7. The molecule has 1 aliphatic carbocycles. The molecule has 2 fully saturated rings. The average Bonchev–Trinajstić information content (AvgIpc) is 3.28. The van der Waals surface area contributed by atoms with Crippen molar-refractivity contribution in [2.75, 3.05) is 19.6 Å². The molecule has 2 heterocycles. The zero-order chi connectivity index (χ0) is 26.6. The maximum Gasteiger partial charge on any atom is 0.407 e. The molecule has 0 bridgehead atoms. The summed E-state index contributed by atoms with van der Waals surface area (Å²) in [5, 5.41) is 3.92. The molecule has 2 aliphatic rings. The van der Waals surface area contributed by atoms with Crippen molar-refractivity contribution in [1.82, 2.24) is 19.9 Å². The number of aromatic nitrogens is 1. The number of nitrogens with zero attached hydrogens (tertiary/aromatic N) is 2. The Hall–Kier alpha value is -2.50. The summed E-state index contributed by atoms with van der Waals surface area (Å²) in [6.07, 6.45) is 5.88. The molecule has 1 aromatic heterocycles. The first-order valence-electron chi connectivity index (χ1n) is 13.0. The van der Waals surface area contributed by atoms with Crippen molar-refractivity contribution in [2.45, 2.75) is 82.3 Å². The molecule has 9 nitrogen and oxygen atoms in total. The largest absolute Gasteiger partial charge is 0.447 e. The summed E-state index contributed by atoms with van der Waals surface area (Å²) in [4.78, 5) is 31.8. The fourth-order valence-corrected chi connectivity index (χ4v) is 7.22. The second-order valence-corrected chi connectivity index (χ2v) is 12.8. The van der Waals surface area contributed by atoms with E-state index >= 15 is 0 Å². The quantitative estimate of drug-likeness (QED) is 0.488. The monoisotopic (exact) mass is 548 g/mol. The predicted molar refractivity (Wildman–Crippen MR) is 143 cm³/mol. The van der Waals surface area contributed by atoms with E-state index in [1.165, 1.54) is 11.3 Å². The molecule has 0 radical (unpaired) electrons. The Morgan fingerprint density at radius 3 is 2.54 bits per heavy atom. The molecule has 37 heavy (non-hydrogen) atoms. The van der Waals surface area contributed by atoms with Crippen LogP contribution in [0.2, 0.25) is 0 Å². The van der Waals surface area contributed by atoms with E-state index in [2.05, 4.69) is 15.0 Å². The summed E-state index contributed by atoms with van der Waals surface area (Å²) < 4.78 is 34.0. The summed E-state index contributed by atoms with van der Waals surface area (Å²) in [6, 6.07) is 5.34. The molecule has 0 unspecified atom stereocenters. The first-order valence-corrected chi connectivity index (χ1v) is 15.3. The Balaban J connectivity index is 1.49. The number of benzene rings is 1. The molecule has 4 rings (SSSR count). The Morgan fingerprint density at radius 1 is 1.19 bits per heavy atom. The molecule has 202 valence electrons. The Bertz CT molecular complexity index is 1220. The number of likely N-dealkylation sites (tertiary alicyclic amines) is 1. The van der Waals surface area contributed by atoms with Crippen LogP contribution in [0.25, 0.3) is 10.4 Å². The minimum atomic E-state index is -3.75. The van der Waals surface area contributed by atoms with Gasteiger partial charge in [0.25, 0.3) is 0 Å². The highest BCUT2D eigenvalue weighted by atomic mass is 32.2. The number of alkyl carbamates (subject to hydrolysis) is 1. The molecule has 1 aromatic carbocycles. The van der Waals surface area contributed by atoms with Crippen LogP contribution in [0.3, 0.4) is 0 Å². The van der Waals surface area contributed by atoms with E-state index in [1.807, 2.05) is 19.9 Å². The SMILES string of the molecule is CCNS(=O)(=O)c1cc(CC(=O)N2CCC2)ccc1-c1cnc([C@H]2CC[C@H](NC(=O)OC(C)C)CC2)s1. The molecule has 11 heteroatoms. The summed E-state index contributed by atoms with van der Waals surface area (Å²) in [7, 11) is -3.75. The van der Waals surface area contributed by atoms with Gasteiger partial charge in [-0.3, -0.25) is 4.79 Å². The smallest absolute Gasteiger partial charge is 0.407 e. The van der Waals surface area contributed by atoms with E-state index in [9.17, 15) is 18.0 Å². The highest BCUT2D eigenvalue weighted by Crippen LogP contribution is 2.39. The Morgan fingerprint density at radius 2 is 1.92 bits per heavy atom. The molecule has 1 aliphatic heterocycles. The number of amides is 2. The van der Waals surface area contributed by atoms with Crippen LogP contribution < -0.4 is 10.0 Å². The van der Waals surface area contributed by atoms with Gasteiger partial charge in [0.05, 0.1) is 27.3 Å². The third-order valence-electron chi connectivity index (χ3n) is 6.76. The van der Waals surface area contributed by atoms with E-state index < -0.39 is 10.0 Å². The molecule has 0 spiro atoms. The van der Waals surface area contributed by atoms with Gasteiger partial charge >= 0.3 is 6.09 Å². The Kier molecular flexibility index (Phi) is 8.86. The second-order valence-electron chi connectivity index (χ2n) is 9.95. The van der Waals surface area contributed by atoms with E-state index in [0.717, 1.165) is 55.1 Å². The average molecular weight is 549 g/mol. The van der Waals surface area contributed by atoms with Crippen molar-refractivity contribution >= 4 is 33.4 Å². The summed E-state index contributed by atoms with van der Waals surface area (Å²) in [6.45, 7) is 7.20. The number of hydrogen-bond acceptors (Lipinski definition) is 7. The fraction of sp³-hybridized carbons (Fsp3) is 0.577. The standard InChI is InChI=1S/C26H36N4O5S2/c1-4-28-37(33,34)23-14-18(15-24(31)30-12-5-13-30)6-11-21(23)22-16-27-25(36-22)19-7-9-20(10-8-19)29-26(32)35-17(2)3/h6,11,14,16-17,19-20,28H,4-5,7-10,12-13,15H2,1-3H3,(H,29,32)/t19-,20-. The van der Waals surface area contributed by atoms with Crippen LogP contribution in [0.1, 0.15) is 69.4 Å². The molecule has 2 N–H and O–H groups in total. The van der Waals surface area contributed by atoms with Crippen LogP contribution in [-0.4, -0.2) is 62.1 Å². The van der Waals surface area contributed by atoms with Gasteiger partial charge in [-0.2, -0.15) is 0 Å². The van der Waals surface area contributed by atoms with Gasteiger partial charge in [0, 0.05) is 43.4 Å². The molecular weight excluding hydrogens is 512 g/mol. The normalized spacial score (nSPS) is 19.9. The number of carbonyl (C=O) groups is 2. The van der Waals surface area contributed by atoms with Gasteiger partial charge in [0.2, 0.25) is 15.9 Å². The minimum Gasteiger partial charge on any atom is -0.447 e. The van der Waals surface area contributed by atoms with Crippen LogP contribution in [0, 0.1) is 0 Å². The third-order valence-corrected chi connectivity index (χ3v) is 9.54. The number of carbonyl (C=O) groups excluding carboxylic acids is 2. The van der Waals surface area contributed by atoms with E-state index in [1.54, 1.807) is 30.2 Å². The second kappa shape index (κ2) is 11.9. The Labute approximate surface area is 223 Å². The number of sulfonamides is 1. The minimum absolute atomic E-state index is 0.0217. The molecule has 2 amide bonds. The van der Waals surface area contributed by atoms with Crippen molar-refractivity contribution in [3.63, 3.8) is 0 Å². The predicted octanol–water partition coefficient (Wildman–Crippen LogP) is 4.04. The van der Waals surface area contributed by atoms with Gasteiger partial charge in [-0.15, -0.1) is 11.3 Å². The maximum atomic E-state index is 13.1. The summed E-state index contributed by atoms with van der Waals surface area (Å²) in [5.74, 6) is 0.286. The summed E-state index contributed by atoms with van der Waals surface area (Å²) >= 11 is 1.51. The van der Waals surface area contributed by atoms with Crippen LogP contribution >= 0.6 is 11.3 Å². The van der Waals surface area contributed by atoms with Gasteiger partial charge < -0.3 is 15.0 Å². The number of thiazole rings is 1. The van der Waals surface area contributed by atoms with Crippen molar-refractivity contribution in [3.8, 4) is 10.4 Å². The van der Waals surface area contributed by atoms with E-state index in [0.29, 0.717) is 11.1 Å². The molecule has 1 saturated heterocycles. The van der Waals surface area contributed by atoms with Gasteiger partial charge in [-0.05, 0) is 57.6 Å². The summed E-state index contributed by atoms with van der Waals surface area (Å²) in [5.41, 5.74) is 1.28. The van der Waals surface area contributed by atoms with Crippen molar-refractivity contribution in [2.24, 2.45) is 0 Å². The zero-order valence-corrected chi connectivity index (χ0v) is 23.3. The lowest BCUT2D eigenvalue weighted by Crippen LogP contribution is -2.42. The lowest BCUT2D eigenvalue weighted by atomic mass is 9.86. The molecule has 2 aromatic rings. The van der Waals surface area contributed by atoms with Crippen LogP contribution in [0.15, 0.2) is 29.3 Å². The van der Waals surface area contributed by atoms with Crippen LogP contribution in [0.5, 0.6) is 0 Å². The number of hydrogen-bond donors (Lipinski definition) is 2. The first kappa shape index (κ1) is 27.5. The van der Waals surface area contributed by atoms with Gasteiger partial charge in [-0.25, -0.2) is 22.9 Å². The van der Waals surface area contributed by atoms with Gasteiger partial charge in [0.1, 0.15) is 0 Å². The third kappa shape index (κ3) is 6.88. The fourth-order valence-electron chi connectivity index (χ4n) is 4.72. The van der Waals surface area contributed by atoms with Crippen molar-refractivity contribution in [3.05, 3.63) is 35.0 Å². The number of ether oxygens (including phenoxy) is 1. The first-order chi connectivity index (χ1) is 17.7.